The molecule has 0 N–H and O–H groups in total. The van der Waals surface area contributed by atoms with Crippen LogP contribution in [0, 0.1) is 34.5 Å². The van der Waals surface area contributed by atoms with E-state index < -0.39 is 0 Å². The van der Waals surface area contributed by atoms with Crippen molar-refractivity contribution < 1.29 is 23.9 Å². The summed E-state index contributed by atoms with van der Waals surface area (Å²) in [5, 5.41) is 0. The first-order valence-electron chi connectivity index (χ1n) is 12.7. The first-order chi connectivity index (χ1) is 15.7. The van der Waals surface area contributed by atoms with Gasteiger partial charge in [0.05, 0.1) is 5.56 Å². The Hall–Kier alpha value is -2.17. The first-order valence-corrected chi connectivity index (χ1v) is 12.7. The maximum Gasteiger partial charge on any atom is 0.338 e. The predicted octanol–water partition coefficient (Wildman–Crippen LogP) is 5.37. The van der Waals surface area contributed by atoms with E-state index in [9.17, 15) is 14.4 Å². The zero-order valence-corrected chi connectivity index (χ0v) is 20.0. The molecule has 33 heavy (non-hydrogen) atoms. The molecule has 0 heterocycles. The maximum atomic E-state index is 13.6. The fourth-order valence-electron chi connectivity index (χ4n) is 8.15. The average Bonchev–Trinajstić information content (AvgIpc) is 3.11. The molecule has 0 aliphatic heterocycles. The lowest BCUT2D eigenvalue weighted by Gasteiger charge is -2.59. The van der Waals surface area contributed by atoms with E-state index in [1.807, 2.05) is 18.2 Å². The van der Waals surface area contributed by atoms with Crippen molar-refractivity contribution in [3.63, 3.8) is 0 Å². The van der Waals surface area contributed by atoms with Gasteiger partial charge in [-0.25, -0.2) is 4.79 Å². The lowest BCUT2D eigenvalue weighted by Crippen LogP contribution is -2.58. The van der Waals surface area contributed by atoms with Crippen LogP contribution < -0.4 is 0 Å². The molecule has 1 aromatic rings. The fraction of sp³-hybridized carbons (Fsp3) is 0.679. The highest BCUT2D eigenvalue weighted by atomic mass is 16.5. The van der Waals surface area contributed by atoms with E-state index in [0.717, 1.165) is 44.9 Å². The van der Waals surface area contributed by atoms with Gasteiger partial charge < -0.3 is 9.47 Å². The normalized spacial score (nSPS) is 42.0. The van der Waals surface area contributed by atoms with Gasteiger partial charge in [0.25, 0.3) is 0 Å². The largest absolute Gasteiger partial charge is 0.463 e. The summed E-state index contributed by atoms with van der Waals surface area (Å²) < 4.78 is 11.6. The Morgan fingerprint density at radius 1 is 0.909 bits per heavy atom. The van der Waals surface area contributed by atoms with Crippen LogP contribution in [0.2, 0.25) is 0 Å². The first kappa shape index (κ1) is 22.6. The molecule has 4 saturated carbocycles. The molecule has 4 aliphatic rings. The molecule has 178 valence electrons. The third-order valence-electron chi connectivity index (χ3n) is 9.93. The molecular weight excluding hydrogens is 416 g/mol. The van der Waals surface area contributed by atoms with E-state index in [4.69, 9.17) is 9.47 Å². The van der Waals surface area contributed by atoms with Crippen LogP contribution in [0.3, 0.4) is 0 Å². The zero-order chi connectivity index (χ0) is 23.4. The Bertz CT molecular complexity index is 941. The summed E-state index contributed by atoms with van der Waals surface area (Å²) >= 11 is 0. The molecule has 1 aromatic carbocycles. The Balaban J connectivity index is 1.34. The van der Waals surface area contributed by atoms with Gasteiger partial charge in [0, 0.05) is 24.7 Å². The summed E-state index contributed by atoms with van der Waals surface area (Å²) in [4.78, 5) is 37.8. The van der Waals surface area contributed by atoms with Crippen molar-refractivity contribution in [3.05, 3.63) is 35.9 Å². The molecule has 4 fully saturated rings. The smallest absolute Gasteiger partial charge is 0.338 e. The molecular formula is C28H36O5. The topological polar surface area (TPSA) is 69.7 Å². The molecule has 0 bridgehead atoms. The third-order valence-corrected chi connectivity index (χ3v) is 9.93. The van der Waals surface area contributed by atoms with Gasteiger partial charge in [-0.05, 0) is 80.2 Å². The summed E-state index contributed by atoms with van der Waals surface area (Å²) in [6.45, 7) is 6.11. The predicted molar refractivity (Wildman–Crippen MR) is 123 cm³/mol. The maximum absolute atomic E-state index is 13.6. The Morgan fingerprint density at radius 3 is 2.33 bits per heavy atom. The van der Waals surface area contributed by atoms with Crippen LogP contribution in [0.5, 0.6) is 0 Å². The monoisotopic (exact) mass is 452 g/mol. The van der Waals surface area contributed by atoms with Crippen LogP contribution in [0.15, 0.2) is 30.3 Å². The number of hydrogen-bond acceptors (Lipinski definition) is 5. The number of ether oxygens (including phenoxy) is 2. The minimum absolute atomic E-state index is 0.0490. The summed E-state index contributed by atoms with van der Waals surface area (Å²) in [5.74, 6) is 0.925. The third kappa shape index (κ3) is 3.72. The lowest BCUT2D eigenvalue weighted by atomic mass is 9.45. The number of fused-ring (bicyclic) bond motifs is 5. The molecule has 8 atom stereocenters. The second-order valence-electron chi connectivity index (χ2n) is 11.5. The van der Waals surface area contributed by atoms with E-state index in [1.165, 1.54) is 6.92 Å². The molecule has 4 aliphatic carbocycles. The fourth-order valence-corrected chi connectivity index (χ4v) is 8.15. The molecule has 0 unspecified atom stereocenters. The SMILES string of the molecule is CC(=O)O[C@H]1CC[C@@]2(C)[C@H](CC(=O)[C@H]3[C@H]4CC[C@H](OC(=O)c5ccccc5)[C@@]4(C)CC[C@@H]32)C1. The average molecular weight is 453 g/mol. The number of ketones is 1. The second-order valence-corrected chi connectivity index (χ2v) is 11.5. The number of esters is 2. The number of rotatable bonds is 3. The van der Waals surface area contributed by atoms with Gasteiger partial charge in [-0.1, -0.05) is 32.0 Å². The van der Waals surface area contributed by atoms with Gasteiger partial charge in [-0.15, -0.1) is 0 Å². The minimum atomic E-state index is -0.254. The molecule has 0 amide bonds. The van der Waals surface area contributed by atoms with E-state index in [0.29, 0.717) is 29.6 Å². The van der Waals surface area contributed by atoms with Gasteiger partial charge in [0.2, 0.25) is 0 Å². The summed E-state index contributed by atoms with van der Waals surface area (Å²) in [6.07, 6.45) is 6.92. The molecule has 5 heteroatoms. The Morgan fingerprint density at radius 2 is 1.61 bits per heavy atom. The summed E-state index contributed by atoms with van der Waals surface area (Å²) in [6, 6.07) is 9.20. The van der Waals surface area contributed by atoms with E-state index in [1.54, 1.807) is 12.1 Å². The van der Waals surface area contributed by atoms with Crippen molar-refractivity contribution >= 4 is 17.7 Å². The molecule has 0 spiro atoms. The number of hydrogen-bond donors (Lipinski definition) is 0. The van der Waals surface area contributed by atoms with Gasteiger partial charge in [-0.3, -0.25) is 9.59 Å². The summed E-state index contributed by atoms with van der Waals surface area (Å²) in [7, 11) is 0. The van der Waals surface area contributed by atoms with Crippen LogP contribution in [0.1, 0.15) is 82.5 Å². The van der Waals surface area contributed by atoms with Gasteiger partial charge in [0.1, 0.15) is 18.0 Å². The van der Waals surface area contributed by atoms with E-state index >= 15 is 0 Å². The Kier molecular flexibility index (Phi) is 5.65. The molecule has 5 nitrogen and oxygen atoms in total. The van der Waals surface area contributed by atoms with Crippen molar-refractivity contribution in [2.75, 3.05) is 0 Å². The van der Waals surface area contributed by atoms with Gasteiger partial charge >= 0.3 is 11.9 Å². The summed E-state index contributed by atoms with van der Waals surface area (Å²) in [5.41, 5.74) is 0.571. The van der Waals surface area contributed by atoms with Gasteiger partial charge in [-0.2, -0.15) is 0 Å². The minimum Gasteiger partial charge on any atom is -0.463 e. The van der Waals surface area contributed by atoms with Crippen molar-refractivity contribution in [3.8, 4) is 0 Å². The van der Waals surface area contributed by atoms with Crippen LogP contribution >= 0.6 is 0 Å². The van der Waals surface area contributed by atoms with Crippen LogP contribution in [-0.2, 0) is 19.1 Å². The molecule has 5 rings (SSSR count). The van der Waals surface area contributed by atoms with Crippen LogP contribution in [0.4, 0.5) is 0 Å². The quantitative estimate of drug-likeness (QED) is 0.577. The van der Waals surface area contributed by atoms with Crippen molar-refractivity contribution in [1.82, 2.24) is 0 Å². The lowest BCUT2D eigenvalue weighted by molar-refractivity contribution is -0.168. The van der Waals surface area contributed by atoms with Crippen LogP contribution in [-0.4, -0.2) is 29.9 Å². The zero-order valence-electron chi connectivity index (χ0n) is 20.0. The molecule has 0 radical (unpaired) electrons. The van der Waals surface area contributed by atoms with Crippen LogP contribution in [0.25, 0.3) is 0 Å². The number of Topliss-reactive ketones (excluding diaryl/α,β-unsaturated/α-hetero) is 1. The van der Waals surface area contributed by atoms with Gasteiger partial charge in [0.15, 0.2) is 0 Å². The van der Waals surface area contributed by atoms with Crippen molar-refractivity contribution in [2.24, 2.45) is 34.5 Å². The second kappa shape index (κ2) is 8.25. The highest BCUT2D eigenvalue weighted by Gasteiger charge is 2.63. The number of carbonyl (C=O) groups is 3. The van der Waals surface area contributed by atoms with E-state index in [2.05, 4.69) is 13.8 Å². The number of carbonyl (C=O) groups excluding carboxylic acids is 3. The highest BCUT2D eigenvalue weighted by Crippen LogP contribution is 2.65. The van der Waals surface area contributed by atoms with E-state index in [-0.39, 0.29) is 46.8 Å². The Labute approximate surface area is 196 Å². The standard InChI is InChI=1S/C28H36O5/c1-17(29)32-20-11-13-27(2)19(15-20)16-23(30)25-21-9-10-24(28(21,3)14-12-22(25)27)33-26(31)18-7-5-4-6-8-18/h4-8,19-22,24-25H,9-16H2,1-3H3/t19-,20-,21+,22-,24-,25-,27-,28-/m0/s1. The molecule has 0 saturated heterocycles. The van der Waals surface area contributed by atoms with Crippen molar-refractivity contribution in [1.29, 1.82) is 0 Å². The van der Waals surface area contributed by atoms with Crippen molar-refractivity contribution in [2.45, 2.75) is 84.3 Å². The highest BCUT2D eigenvalue weighted by molar-refractivity contribution is 5.89. The molecule has 0 aromatic heterocycles. The number of benzene rings is 1.